The van der Waals surface area contributed by atoms with Crippen LogP contribution >= 0.6 is 0 Å². The van der Waals surface area contributed by atoms with E-state index in [1.807, 2.05) is 0 Å². The number of carbonyl (C=O) groups is 1. The van der Waals surface area contributed by atoms with Crippen LogP contribution in [0.4, 0.5) is 4.39 Å². The minimum absolute atomic E-state index is 0.00806. The second kappa shape index (κ2) is 5.40. The monoisotopic (exact) mass is 173 g/mol. The summed E-state index contributed by atoms with van der Waals surface area (Å²) in [6.45, 7) is 2.42. The predicted octanol–water partition coefficient (Wildman–Crippen LogP) is 1.70. The molecule has 0 amide bonds. The molecule has 1 N–H and O–H groups in total. The molecule has 5 heteroatoms. The van der Waals surface area contributed by atoms with E-state index >= 15 is 0 Å². The third-order valence-electron chi connectivity index (χ3n) is 1.34. The van der Waals surface area contributed by atoms with Crippen molar-refractivity contribution in [2.75, 3.05) is 13.2 Å². The third-order valence-corrected chi connectivity index (χ3v) is 1.34. The molecule has 0 heterocycles. The molecule has 12 heavy (non-hydrogen) atoms. The summed E-state index contributed by atoms with van der Waals surface area (Å²) in [6.07, 6.45) is 1.36. The lowest BCUT2D eigenvalue weighted by Crippen LogP contribution is -2.13. The van der Waals surface area contributed by atoms with Crippen molar-refractivity contribution in [1.82, 2.24) is 5.01 Å². The molecule has 0 saturated heterocycles. The minimum atomic E-state index is -0.593. The van der Waals surface area contributed by atoms with Crippen LogP contribution in [0.15, 0.2) is 17.0 Å². The fraction of sp³-hybridized carbons (Fsp3) is 0.571. The van der Waals surface area contributed by atoms with E-state index in [1.165, 1.54) is 13.1 Å². The summed E-state index contributed by atoms with van der Waals surface area (Å²) in [5.41, 5.74) is 7.08. The lowest BCUT2D eigenvalue weighted by molar-refractivity contribution is -0.113. The van der Waals surface area contributed by atoms with Gasteiger partial charge in [0.05, 0.1) is 6.54 Å². The van der Waals surface area contributed by atoms with Gasteiger partial charge in [0.1, 0.15) is 6.67 Å². The van der Waals surface area contributed by atoms with E-state index in [-0.39, 0.29) is 12.3 Å². The van der Waals surface area contributed by atoms with Crippen molar-refractivity contribution in [1.29, 1.82) is 5.53 Å². The highest BCUT2D eigenvalue weighted by Gasteiger charge is 2.00. The average molecular weight is 173 g/mol. The van der Waals surface area contributed by atoms with Gasteiger partial charge in [0.15, 0.2) is 5.78 Å². The first kappa shape index (κ1) is 10.7. The fourth-order valence-corrected chi connectivity index (χ4v) is 0.544. The van der Waals surface area contributed by atoms with Gasteiger partial charge in [0.25, 0.3) is 0 Å². The maximum Gasteiger partial charge on any atom is 0.157 e. The van der Waals surface area contributed by atoms with Gasteiger partial charge in [-0.2, -0.15) is 5.53 Å². The minimum Gasteiger partial charge on any atom is -0.295 e. The molecule has 0 aliphatic carbocycles. The van der Waals surface area contributed by atoms with E-state index < -0.39 is 6.67 Å². The molecule has 4 nitrogen and oxygen atoms in total. The first-order valence-corrected chi connectivity index (χ1v) is 3.51. The second-order valence-corrected chi connectivity index (χ2v) is 2.32. The topological polar surface area (TPSA) is 56.5 Å². The van der Waals surface area contributed by atoms with Crippen molar-refractivity contribution in [3.05, 3.63) is 11.8 Å². The van der Waals surface area contributed by atoms with Crippen LogP contribution in [-0.4, -0.2) is 24.0 Å². The second-order valence-electron chi connectivity index (χ2n) is 2.32. The molecule has 0 bridgehead atoms. The van der Waals surface area contributed by atoms with Gasteiger partial charge in [0.2, 0.25) is 0 Å². The number of ketones is 1. The van der Waals surface area contributed by atoms with Crippen LogP contribution in [0.1, 0.15) is 13.8 Å². The Bertz CT molecular complexity index is 203. The molecule has 0 aliphatic heterocycles. The Labute approximate surface area is 70.5 Å². The van der Waals surface area contributed by atoms with Gasteiger partial charge in [-0.15, -0.1) is 0 Å². The van der Waals surface area contributed by atoms with Gasteiger partial charge >= 0.3 is 0 Å². The fourth-order valence-electron chi connectivity index (χ4n) is 0.544. The maximum atomic E-state index is 11.8. The van der Waals surface area contributed by atoms with Crippen LogP contribution in [-0.2, 0) is 4.79 Å². The van der Waals surface area contributed by atoms with E-state index in [1.54, 1.807) is 6.92 Å². The van der Waals surface area contributed by atoms with Crippen LogP contribution in [0.25, 0.3) is 0 Å². The molecule has 0 aliphatic rings. The lowest BCUT2D eigenvalue weighted by atomic mass is 10.2. The Morgan fingerprint density at radius 2 is 2.25 bits per heavy atom. The molecule has 0 rings (SSSR count). The maximum absolute atomic E-state index is 11.8. The molecular formula is C7H12FN3O. The zero-order chi connectivity index (χ0) is 9.56. The Hall–Kier alpha value is -1.26. The molecule has 0 spiro atoms. The average Bonchev–Trinajstić information content (AvgIpc) is 2.03. The summed E-state index contributed by atoms with van der Waals surface area (Å²) < 4.78 is 11.8. The van der Waals surface area contributed by atoms with Crippen molar-refractivity contribution in [3.8, 4) is 0 Å². The van der Waals surface area contributed by atoms with E-state index in [2.05, 4.69) is 5.22 Å². The number of halogens is 1. The van der Waals surface area contributed by atoms with Crippen LogP contribution in [0, 0.1) is 5.53 Å². The van der Waals surface area contributed by atoms with Crippen molar-refractivity contribution >= 4 is 5.78 Å². The third kappa shape index (κ3) is 3.80. The van der Waals surface area contributed by atoms with Gasteiger partial charge in [-0.3, -0.25) is 9.80 Å². The number of carbonyl (C=O) groups excluding carboxylic acids is 1. The Morgan fingerprint density at radius 1 is 1.67 bits per heavy atom. The molecule has 0 atom stereocenters. The zero-order valence-corrected chi connectivity index (χ0v) is 7.17. The summed E-state index contributed by atoms with van der Waals surface area (Å²) in [5, 5.41) is 4.09. The zero-order valence-electron chi connectivity index (χ0n) is 7.17. The van der Waals surface area contributed by atoms with E-state index in [9.17, 15) is 9.18 Å². The quantitative estimate of drug-likeness (QED) is 0.390. The van der Waals surface area contributed by atoms with Crippen LogP contribution in [0.2, 0.25) is 0 Å². The molecule has 0 aromatic heterocycles. The Balaban J connectivity index is 4.24. The smallest absolute Gasteiger partial charge is 0.157 e. The largest absolute Gasteiger partial charge is 0.295 e. The standard InChI is InChI=1S/C7H12FN3O/c1-6(7(2)12)5-11(10-9)4-3-8/h5,9H,3-4H2,1-2H3/b6-5+,10-9?. The Morgan fingerprint density at radius 3 is 2.58 bits per heavy atom. The van der Waals surface area contributed by atoms with Gasteiger partial charge in [-0.1, -0.05) is 5.22 Å². The number of nitrogens with one attached hydrogen (secondary N) is 1. The number of allylic oxidation sites excluding steroid dienone is 1. The van der Waals surface area contributed by atoms with Gasteiger partial charge in [-0.05, 0) is 13.8 Å². The first-order chi connectivity index (χ1) is 5.61. The van der Waals surface area contributed by atoms with Crippen LogP contribution in [0.3, 0.4) is 0 Å². The SMILES string of the molecule is CC(=O)/C(C)=C/N(CCF)N=N. The summed E-state index contributed by atoms with van der Waals surface area (Å²) in [6, 6.07) is 0. The van der Waals surface area contributed by atoms with Crippen LogP contribution in [0.5, 0.6) is 0 Å². The summed E-state index contributed by atoms with van der Waals surface area (Å²) >= 11 is 0. The number of rotatable bonds is 5. The summed E-state index contributed by atoms with van der Waals surface area (Å²) in [4.78, 5) is 10.7. The van der Waals surface area contributed by atoms with E-state index in [4.69, 9.17) is 5.53 Å². The lowest BCUT2D eigenvalue weighted by Gasteiger charge is -2.09. The molecule has 0 aromatic rings. The van der Waals surface area contributed by atoms with Crippen LogP contribution < -0.4 is 0 Å². The molecule has 0 saturated carbocycles. The number of hydrogen-bond acceptors (Lipinski definition) is 3. The first-order valence-electron chi connectivity index (χ1n) is 3.51. The Kier molecular flexibility index (Phi) is 4.83. The molecule has 0 aromatic carbocycles. The van der Waals surface area contributed by atoms with Gasteiger partial charge in [-0.25, -0.2) is 4.39 Å². The summed E-state index contributed by atoms with van der Waals surface area (Å²) in [7, 11) is 0. The van der Waals surface area contributed by atoms with Crippen molar-refractivity contribution in [2.45, 2.75) is 13.8 Å². The summed E-state index contributed by atoms with van der Waals surface area (Å²) in [5.74, 6) is -0.109. The molecule has 68 valence electrons. The number of hydrogen-bond donors (Lipinski definition) is 1. The van der Waals surface area contributed by atoms with Crippen molar-refractivity contribution < 1.29 is 9.18 Å². The molecular weight excluding hydrogens is 161 g/mol. The van der Waals surface area contributed by atoms with E-state index in [0.717, 1.165) is 5.01 Å². The normalized spacial score (nSPS) is 11.1. The molecule has 0 fully saturated rings. The predicted molar refractivity (Wildman–Crippen MR) is 42.3 cm³/mol. The number of Topliss-reactive ketones (excluding diaryl/α,β-unsaturated/α-hetero) is 1. The van der Waals surface area contributed by atoms with Gasteiger partial charge in [0, 0.05) is 11.8 Å². The van der Waals surface area contributed by atoms with Crippen molar-refractivity contribution in [2.24, 2.45) is 5.22 Å². The van der Waals surface area contributed by atoms with E-state index in [0.29, 0.717) is 5.57 Å². The highest BCUT2D eigenvalue weighted by atomic mass is 19.1. The highest BCUT2D eigenvalue weighted by Crippen LogP contribution is 1.99. The molecule has 0 unspecified atom stereocenters. The number of alkyl halides is 1. The highest BCUT2D eigenvalue weighted by molar-refractivity contribution is 5.92. The van der Waals surface area contributed by atoms with Gasteiger partial charge < -0.3 is 0 Å². The van der Waals surface area contributed by atoms with Crippen molar-refractivity contribution in [3.63, 3.8) is 0 Å². The molecule has 0 radical (unpaired) electrons. The number of nitrogens with zero attached hydrogens (tertiary/aromatic N) is 2.